The van der Waals surface area contributed by atoms with Crippen molar-refractivity contribution < 1.29 is 22.7 Å². The van der Waals surface area contributed by atoms with Gasteiger partial charge >= 0.3 is 5.97 Å². The summed E-state index contributed by atoms with van der Waals surface area (Å²) in [6, 6.07) is 1.63. The maximum absolute atomic E-state index is 13.0. The zero-order chi connectivity index (χ0) is 15.3. The second-order valence-electron chi connectivity index (χ2n) is 3.87. The molecule has 1 unspecified atom stereocenters. The van der Waals surface area contributed by atoms with Crippen LogP contribution in [0.25, 0.3) is 0 Å². The van der Waals surface area contributed by atoms with Gasteiger partial charge < -0.3 is 5.11 Å². The van der Waals surface area contributed by atoms with E-state index in [9.17, 15) is 17.6 Å². The molecule has 0 heterocycles. The van der Waals surface area contributed by atoms with E-state index in [2.05, 4.69) is 4.72 Å². The topological polar surface area (TPSA) is 83.5 Å². The summed E-state index contributed by atoms with van der Waals surface area (Å²) in [5.74, 6) is -1.53. The van der Waals surface area contributed by atoms with Gasteiger partial charge in [-0.15, -0.1) is 0 Å². The van der Waals surface area contributed by atoms with Gasteiger partial charge in [0.15, 0.2) is 0 Å². The molecule has 0 aliphatic carbocycles. The van der Waals surface area contributed by atoms with Crippen molar-refractivity contribution in [2.45, 2.75) is 17.4 Å². The first-order chi connectivity index (χ1) is 9.27. The molecule has 0 aliphatic heterocycles. The van der Waals surface area contributed by atoms with E-state index >= 15 is 0 Å². The van der Waals surface area contributed by atoms with Crippen LogP contribution in [0, 0.1) is 5.82 Å². The largest absolute Gasteiger partial charge is 0.480 e. The molecule has 0 amide bonds. The molecule has 112 valence electrons. The van der Waals surface area contributed by atoms with Gasteiger partial charge in [0.05, 0.1) is 9.92 Å². The summed E-state index contributed by atoms with van der Waals surface area (Å²) in [5.41, 5.74) is 0. The number of rotatable bonds is 7. The Hall–Kier alpha value is -0.830. The Morgan fingerprint density at radius 2 is 2.20 bits per heavy atom. The fourth-order valence-electron chi connectivity index (χ4n) is 1.37. The second-order valence-corrected chi connectivity index (χ2v) is 6.98. The van der Waals surface area contributed by atoms with Crippen molar-refractivity contribution in [1.82, 2.24) is 4.72 Å². The van der Waals surface area contributed by atoms with Crippen LogP contribution in [-0.2, 0) is 14.8 Å². The van der Waals surface area contributed by atoms with Gasteiger partial charge in [0.2, 0.25) is 10.0 Å². The van der Waals surface area contributed by atoms with E-state index < -0.39 is 27.9 Å². The number of hydrogen-bond acceptors (Lipinski definition) is 4. The number of halogens is 2. The molecule has 1 rings (SSSR count). The summed E-state index contributed by atoms with van der Waals surface area (Å²) in [6.45, 7) is 0. The SMILES string of the molecule is CSCCC(NS(=O)(=O)c1ccc(F)c(Cl)c1)C(=O)O. The van der Waals surface area contributed by atoms with Gasteiger partial charge in [0, 0.05) is 0 Å². The summed E-state index contributed by atoms with van der Waals surface area (Å²) in [6.07, 6.45) is 1.93. The van der Waals surface area contributed by atoms with Gasteiger partial charge in [-0.05, 0) is 36.6 Å². The van der Waals surface area contributed by atoms with Crippen LogP contribution in [0.5, 0.6) is 0 Å². The van der Waals surface area contributed by atoms with Gasteiger partial charge in [-0.2, -0.15) is 16.5 Å². The Morgan fingerprint density at radius 3 is 2.70 bits per heavy atom. The molecule has 1 aromatic rings. The summed E-state index contributed by atoms with van der Waals surface area (Å²) >= 11 is 6.92. The number of sulfonamides is 1. The highest BCUT2D eigenvalue weighted by Crippen LogP contribution is 2.19. The standard InChI is InChI=1S/C11H13ClFNO4S2/c1-19-5-4-10(11(15)16)14-20(17,18)7-2-3-9(13)8(12)6-7/h2-3,6,10,14H,4-5H2,1H3,(H,15,16). The fraction of sp³-hybridized carbons (Fsp3) is 0.364. The van der Waals surface area contributed by atoms with E-state index in [0.717, 1.165) is 18.2 Å². The number of nitrogens with one attached hydrogen (secondary N) is 1. The number of carboxylic acid groups (broad SMARTS) is 1. The van der Waals surface area contributed by atoms with Crippen LogP contribution in [0.1, 0.15) is 6.42 Å². The highest BCUT2D eigenvalue weighted by Gasteiger charge is 2.25. The lowest BCUT2D eigenvalue weighted by atomic mass is 10.2. The molecule has 0 aromatic heterocycles. The first-order valence-corrected chi connectivity index (χ1v) is 8.72. The molecule has 1 aromatic carbocycles. The third kappa shape index (κ3) is 4.62. The molecule has 0 saturated carbocycles. The first-order valence-electron chi connectivity index (χ1n) is 5.47. The van der Waals surface area contributed by atoms with Crippen LogP contribution in [0.2, 0.25) is 5.02 Å². The number of carbonyl (C=O) groups is 1. The maximum Gasteiger partial charge on any atom is 0.321 e. The van der Waals surface area contributed by atoms with E-state index in [1.807, 2.05) is 0 Å². The summed E-state index contributed by atoms with van der Waals surface area (Å²) in [5, 5.41) is 8.64. The average molecular weight is 342 g/mol. The Kier molecular flexibility index (Phi) is 6.25. The van der Waals surface area contributed by atoms with Crippen LogP contribution in [0.15, 0.2) is 23.1 Å². The maximum atomic E-state index is 13.0. The summed E-state index contributed by atoms with van der Waals surface area (Å²) < 4.78 is 39.1. The van der Waals surface area contributed by atoms with Crippen molar-refractivity contribution in [3.8, 4) is 0 Å². The number of hydrogen-bond donors (Lipinski definition) is 2. The van der Waals surface area contributed by atoms with Crippen LogP contribution in [0.4, 0.5) is 4.39 Å². The number of aliphatic carboxylic acids is 1. The van der Waals surface area contributed by atoms with Crippen molar-refractivity contribution in [2.24, 2.45) is 0 Å². The molecule has 0 bridgehead atoms. The lowest BCUT2D eigenvalue weighted by Crippen LogP contribution is -2.41. The lowest BCUT2D eigenvalue weighted by molar-refractivity contribution is -0.139. The Bertz CT molecular complexity index is 594. The van der Waals surface area contributed by atoms with Crippen LogP contribution in [0.3, 0.4) is 0 Å². The minimum absolute atomic E-state index is 0.144. The molecule has 1 atom stereocenters. The molecule has 0 aliphatic rings. The highest BCUT2D eigenvalue weighted by molar-refractivity contribution is 7.98. The molecule has 0 radical (unpaired) electrons. The Balaban J connectivity index is 2.97. The normalized spacial score (nSPS) is 13.2. The third-order valence-corrected chi connectivity index (χ3v) is 4.81. The molecular formula is C11H13ClFNO4S2. The lowest BCUT2D eigenvalue weighted by Gasteiger charge is -2.14. The molecular weight excluding hydrogens is 329 g/mol. The quantitative estimate of drug-likeness (QED) is 0.792. The van der Waals surface area contributed by atoms with Crippen molar-refractivity contribution in [3.63, 3.8) is 0 Å². The zero-order valence-electron chi connectivity index (χ0n) is 10.5. The van der Waals surface area contributed by atoms with E-state index in [-0.39, 0.29) is 16.3 Å². The van der Waals surface area contributed by atoms with E-state index in [1.165, 1.54) is 11.8 Å². The van der Waals surface area contributed by atoms with E-state index in [1.54, 1.807) is 6.26 Å². The summed E-state index contributed by atoms with van der Waals surface area (Å²) in [4.78, 5) is 10.7. The monoisotopic (exact) mass is 341 g/mol. The van der Waals surface area contributed by atoms with Gasteiger partial charge in [-0.25, -0.2) is 12.8 Å². The van der Waals surface area contributed by atoms with Gasteiger partial charge in [-0.1, -0.05) is 11.6 Å². The molecule has 2 N–H and O–H groups in total. The van der Waals surface area contributed by atoms with Crippen molar-refractivity contribution in [3.05, 3.63) is 29.0 Å². The van der Waals surface area contributed by atoms with Crippen molar-refractivity contribution in [1.29, 1.82) is 0 Å². The van der Waals surface area contributed by atoms with E-state index in [4.69, 9.17) is 16.7 Å². The molecule has 9 heteroatoms. The minimum Gasteiger partial charge on any atom is -0.480 e. The molecule has 0 fully saturated rings. The Labute approximate surface area is 125 Å². The van der Waals surface area contributed by atoms with Crippen molar-refractivity contribution >= 4 is 39.4 Å². The predicted molar refractivity (Wildman–Crippen MR) is 76.2 cm³/mol. The van der Waals surface area contributed by atoms with Gasteiger partial charge in [0.1, 0.15) is 11.9 Å². The van der Waals surface area contributed by atoms with Crippen LogP contribution < -0.4 is 4.72 Å². The van der Waals surface area contributed by atoms with Crippen molar-refractivity contribution in [2.75, 3.05) is 12.0 Å². The predicted octanol–water partition coefficient (Wildman–Crippen LogP) is 1.96. The fourth-order valence-corrected chi connectivity index (χ4v) is 3.33. The zero-order valence-corrected chi connectivity index (χ0v) is 12.9. The second kappa shape index (κ2) is 7.26. The molecule has 0 spiro atoms. The van der Waals surface area contributed by atoms with Crippen LogP contribution in [-0.4, -0.2) is 37.5 Å². The molecule has 20 heavy (non-hydrogen) atoms. The molecule has 5 nitrogen and oxygen atoms in total. The number of thioether (sulfide) groups is 1. The number of benzene rings is 1. The average Bonchev–Trinajstić information content (AvgIpc) is 2.37. The van der Waals surface area contributed by atoms with E-state index in [0.29, 0.717) is 5.75 Å². The number of carboxylic acids is 1. The molecule has 0 saturated heterocycles. The van der Waals surface area contributed by atoms with Gasteiger partial charge in [-0.3, -0.25) is 4.79 Å². The highest BCUT2D eigenvalue weighted by atomic mass is 35.5. The first kappa shape index (κ1) is 17.2. The Morgan fingerprint density at radius 1 is 1.55 bits per heavy atom. The summed E-state index contributed by atoms with van der Waals surface area (Å²) in [7, 11) is -4.07. The minimum atomic E-state index is -4.07. The third-order valence-electron chi connectivity index (χ3n) is 2.41. The van der Waals surface area contributed by atoms with Crippen LogP contribution >= 0.6 is 23.4 Å². The van der Waals surface area contributed by atoms with Gasteiger partial charge in [0.25, 0.3) is 0 Å². The smallest absolute Gasteiger partial charge is 0.321 e.